The maximum atomic E-state index is 10.9. The van der Waals surface area contributed by atoms with Crippen LogP contribution in [0.25, 0.3) is 0 Å². The lowest BCUT2D eigenvalue weighted by atomic mass is 10.2. The molecule has 0 unspecified atom stereocenters. The van der Waals surface area contributed by atoms with Crippen molar-refractivity contribution in [3.05, 3.63) is 27.9 Å². The van der Waals surface area contributed by atoms with E-state index >= 15 is 0 Å². The van der Waals surface area contributed by atoms with Gasteiger partial charge in [-0.05, 0) is 6.07 Å². The maximum absolute atomic E-state index is 10.9. The number of anilines is 1. The molecule has 1 rings (SSSR count). The molecule has 0 bridgehead atoms. The van der Waals surface area contributed by atoms with E-state index in [1.807, 2.05) is 0 Å². The van der Waals surface area contributed by atoms with Crippen LogP contribution < -0.4 is 10.6 Å². The summed E-state index contributed by atoms with van der Waals surface area (Å²) in [5.41, 5.74) is 5.08. The van der Waals surface area contributed by atoms with Crippen molar-refractivity contribution in [2.24, 2.45) is 5.73 Å². The van der Waals surface area contributed by atoms with Crippen molar-refractivity contribution in [3.8, 4) is 6.07 Å². The van der Waals surface area contributed by atoms with Crippen molar-refractivity contribution in [1.82, 2.24) is 4.98 Å². The van der Waals surface area contributed by atoms with Gasteiger partial charge in [0.15, 0.2) is 0 Å². The van der Waals surface area contributed by atoms with Crippen LogP contribution in [0.2, 0.25) is 0 Å². The Balaban J connectivity index is 3.28. The summed E-state index contributed by atoms with van der Waals surface area (Å²) in [6.45, 7) is 0.787. The van der Waals surface area contributed by atoms with Crippen LogP contribution in [0.3, 0.4) is 0 Å². The number of nitro groups is 1. The molecule has 16 heavy (non-hydrogen) atoms. The lowest BCUT2D eigenvalue weighted by Crippen LogP contribution is -2.26. The molecule has 0 amide bonds. The van der Waals surface area contributed by atoms with Gasteiger partial charge in [0.25, 0.3) is 0 Å². The first-order chi connectivity index (χ1) is 7.61. The summed E-state index contributed by atoms with van der Waals surface area (Å²) in [5, 5.41) is 19.6. The quantitative estimate of drug-likeness (QED) is 0.576. The Labute approximate surface area is 92.3 Å². The summed E-state index contributed by atoms with van der Waals surface area (Å²) >= 11 is 0. The Morgan fingerprint density at radius 3 is 2.94 bits per heavy atom. The Morgan fingerprint density at radius 1 is 1.75 bits per heavy atom. The second kappa shape index (κ2) is 5.04. The molecule has 1 aromatic rings. The largest absolute Gasteiger partial charge is 0.353 e. The molecule has 7 nitrogen and oxygen atoms in total. The molecule has 0 radical (unpaired) electrons. The highest BCUT2D eigenvalue weighted by Crippen LogP contribution is 2.27. The second-order valence-corrected chi connectivity index (χ2v) is 3.11. The zero-order chi connectivity index (χ0) is 12.1. The number of rotatable bonds is 4. The molecule has 0 saturated heterocycles. The van der Waals surface area contributed by atoms with Crippen LogP contribution in [0.5, 0.6) is 0 Å². The predicted molar refractivity (Wildman–Crippen MR) is 57.9 cm³/mol. The summed E-state index contributed by atoms with van der Waals surface area (Å²) < 4.78 is 0. The van der Waals surface area contributed by atoms with E-state index in [0.29, 0.717) is 13.1 Å². The fourth-order valence-electron chi connectivity index (χ4n) is 1.29. The number of nitrogens with zero attached hydrogens (tertiary/aromatic N) is 4. The predicted octanol–water partition coefficient (Wildman–Crippen LogP) is 0.256. The van der Waals surface area contributed by atoms with E-state index in [9.17, 15) is 10.1 Å². The first-order valence-corrected chi connectivity index (χ1v) is 4.56. The van der Waals surface area contributed by atoms with Crippen LogP contribution >= 0.6 is 0 Å². The molecule has 1 aromatic heterocycles. The number of hydrogen-bond acceptors (Lipinski definition) is 6. The molecule has 0 aromatic carbocycles. The molecule has 0 aliphatic carbocycles. The number of nitrogens with two attached hydrogens (primary N) is 1. The summed E-state index contributed by atoms with van der Waals surface area (Å²) in [4.78, 5) is 15.7. The van der Waals surface area contributed by atoms with Gasteiger partial charge in [-0.2, -0.15) is 5.26 Å². The fraction of sp³-hybridized carbons (Fsp3) is 0.333. The van der Waals surface area contributed by atoms with Crippen LogP contribution in [0.1, 0.15) is 5.56 Å². The summed E-state index contributed by atoms with van der Waals surface area (Å²) in [5.74, 6) is 0.162. The van der Waals surface area contributed by atoms with Gasteiger partial charge in [-0.25, -0.2) is 4.98 Å². The number of aromatic nitrogens is 1. The average Bonchev–Trinajstić information content (AvgIpc) is 2.28. The highest BCUT2D eigenvalue weighted by molar-refractivity contribution is 5.65. The Morgan fingerprint density at radius 2 is 2.44 bits per heavy atom. The van der Waals surface area contributed by atoms with Gasteiger partial charge >= 0.3 is 5.69 Å². The third-order valence-corrected chi connectivity index (χ3v) is 2.03. The Hall–Kier alpha value is -2.20. The van der Waals surface area contributed by atoms with Crippen molar-refractivity contribution < 1.29 is 4.92 Å². The topological polar surface area (TPSA) is 109 Å². The minimum Gasteiger partial charge on any atom is -0.353 e. The summed E-state index contributed by atoms with van der Waals surface area (Å²) in [6, 6.07) is 3.09. The van der Waals surface area contributed by atoms with Crippen LogP contribution in [0.4, 0.5) is 11.5 Å². The standard InChI is InChI=1S/C9H11N5O2/c1-13(5-3-10)9-8(14(15)16)7(6-11)2-4-12-9/h2,4H,3,5,10H2,1H3. The molecule has 0 fully saturated rings. The van der Waals surface area contributed by atoms with Gasteiger partial charge in [0.2, 0.25) is 5.82 Å². The van der Waals surface area contributed by atoms with E-state index in [-0.39, 0.29) is 17.1 Å². The van der Waals surface area contributed by atoms with E-state index in [1.165, 1.54) is 12.3 Å². The highest BCUT2D eigenvalue weighted by Gasteiger charge is 2.23. The van der Waals surface area contributed by atoms with Gasteiger partial charge in [0, 0.05) is 26.3 Å². The SMILES string of the molecule is CN(CCN)c1nccc(C#N)c1[N+](=O)[O-]. The lowest BCUT2D eigenvalue weighted by Gasteiger charge is -2.16. The zero-order valence-corrected chi connectivity index (χ0v) is 8.75. The Kier molecular flexibility index (Phi) is 3.74. The number of pyridine rings is 1. The molecule has 0 aliphatic heterocycles. The van der Waals surface area contributed by atoms with Crippen molar-refractivity contribution in [2.75, 3.05) is 25.0 Å². The highest BCUT2D eigenvalue weighted by atomic mass is 16.6. The van der Waals surface area contributed by atoms with Crippen molar-refractivity contribution in [2.45, 2.75) is 0 Å². The minimum atomic E-state index is -0.603. The first kappa shape index (κ1) is 11.9. The third-order valence-electron chi connectivity index (χ3n) is 2.03. The van der Waals surface area contributed by atoms with Crippen LogP contribution in [0.15, 0.2) is 12.3 Å². The van der Waals surface area contributed by atoms with E-state index in [2.05, 4.69) is 4.98 Å². The molecule has 84 valence electrons. The fourth-order valence-corrected chi connectivity index (χ4v) is 1.29. The first-order valence-electron chi connectivity index (χ1n) is 4.56. The van der Waals surface area contributed by atoms with Crippen molar-refractivity contribution in [1.29, 1.82) is 5.26 Å². The lowest BCUT2D eigenvalue weighted by molar-refractivity contribution is -0.384. The maximum Gasteiger partial charge on any atom is 0.329 e. The molecule has 1 heterocycles. The molecule has 7 heteroatoms. The zero-order valence-electron chi connectivity index (χ0n) is 8.75. The number of likely N-dealkylation sites (N-methyl/N-ethyl adjacent to an activating group) is 1. The van der Waals surface area contributed by atoms with E-state index in [1.54, 1.807) is 18.0 Å². The average molecular weight is 221 g/mol. The van der Waals surface area contributed by atoms with E-state index in [0.717, 1.165) is 0 Å². The minimum absolute atomic E-state index is 0.00104. The monoisotopic (exact) mass is 221 g/mol. The molecular formula is C9H11N5O2. The third kappa shape index (κ3) is 2.24. The molecule has 0 atom stereocenters. The smallest absolute Gasteiger partial charge is 0.329 e. The Bertz CT molecular complexity index is 440. The molecule has 0 aliphatic rings. The van der Waals surface area contributed by atoms with E-state index < -0.39 is 4.92 Å². The van der Waals surface area contributed by atoms with Gasteiger partial charge in [-0.15, -0.1) is 0 Å². The van der Waals surface area contributed by atoms with Gasteiger partial charge < -0.3 is 10.6 Å². The number of nitriles is 1. The molecule has 0 spiro atoms. The van der Waals surface area contributed by atoms with E-state index in [4.69, 9.17) is 11.0 Å². The summed E-state index contributed by atoms with van der Waals surface area (Å²) in [7, 11) is 1.64. The van der Waals surface area contributed by atoms with Crippen molar-refractivity contribution >= 4 is 11.5 Å². The molecule has 0 saturated carbocycles. The van der Waals surface area contributed by atoms with Crippen LogP contribution in [-0.4, -0.2) is 30.0 Å². The van der Waals surface area contributed by atoms with Gasteiger partial charge in [0.05, 0.1) is 4.92 Å². The number of hydrogen-bond donors (Lipinski definition) is 1. The second-order valence-electron chi connectivity index (χ2n) is 3.11. The van der Waals surface area contributed by atoms with Crippen molar-refractivity contribution in [3.63, 3.8) is 0 Å². The normalized spacial score (nSPS) is 9.56. The molecule has 2 N–H and O–H groups in total. The van der Waals surface area contributed by atoms with Gasteiger partial charge in [-0.1, -0.05) is 0 Å². The molecular weight excluding hydrogens is 210 g/mol. The van der Waals surface area contributed by atoms with Gasteiger partial charge in [-0.3, -0.25) is 10.1 Å². The van der Waals surface area contributed by atoms with Gasteiger partial charge in [0.1, 0.15) is 11.6 Å². The van der Waals surface area contributed by atoms with Crippen LogP contribution in [0, 0.1) is 21.4 Å². The van der Waals surface area contributed by atoms with Crippen LogP contribution in [-0.2, 0) is 0 Å². The summed E-state index contributed by atoms with van der Waals surface area (Å²) in [6.07, 6.45) is 1.37.